The highest BCUT2D eigenvalue weighted by Crippen LogP contribution is 2.24. The van der Waals surface area contributed by atoms with E-state index in [9.17, 15) is 0 Å². The first kappa shape index (κ1) is 11.5. The van der Waals surface area contributed by atoms with Gasteiger partial charge < -0.3 is 10.1 Å². The fraction of sp³-hybridized carbons (Fsp3) is 0.143. The fourth-order valence-electron chi connectivity index (χ4n) is 2.07. The predicted octanol–water partition coefficient (Wildman–Crippen LogP) is 2.45. The van der Waals surface area contributed by atoms with Crippen molar-refractivity contribution in [2.45, 2.75) is 0 Å². The van der Waals surface area contributed by atoms with Gasteiger partial charge in [0.25, 0.3) is 0 Å². The number of hydrogen-bond donors (Lipinski definition) is 1. The van der Waals surface area contributed by atoms with Gasteiger partial charge in [0.15, 0.2) is 11.5 Å². The SMILES string of the molecule is CNc1nccn2c(-c3ccc(OC)cc3)cnc12. The van der Waals surface area contributed by atoms with Crippen LogP contribution in [0.3, 0.4) is 0 Å². The monoisotopic (exact) mass is 254 g/mol. The lowest BCUT2D eigenvalue weighted by Gasteiger charge is -2.05. The summed E-state index contributed by atoms with van der Waals surface area (Å²) in [6.07, 6.45) is 5.51. The van der Waals surface area contributed by atoms with E-state index in [-0.39, 0.29) is 0 Å². The normalized spacial score (nSPS) is 10.6. The van der Waals surface area contributed by atoms with Crippen molar-refractivity contribution in [3.63, 3.8) is 0 Å². The third-order valence-corrected chi connectivity index (χ3v) is 3.05. The summed E-state index contributed by atoms with van der Waals surface area (Å²) < 4.78 is 7.18. The Balaban J connectivity index is 2.14. The van der Waals surface area contributed by atoms with Crippen LogP contribution in [0.5, 0.6) is 5.75 Å². The highest BCUT2D eigenvalue weighted by molar-refractivity contribution is 5.70. The van der Waals surface area contributed by atoms with Gasteiger partial charge in [-0.05, 0) is 24.3 Å². The molecule has 0 saturated heterocycles. The van der Waals surface area contributed by atoms with E-state index < -0.39 is 0 Å². The van der Waals surface area contributed by atoms with E-state index in [1.165, 1.54) is 0 Å². The number of methoxy groups -OCH3 is 1. The first-order valence-electron chi connectivity index (χ1n) is 5.97. The number of fused-ring (bicyclic) bond motifs is 1. The molecule has 0 spiro atoms. The molecule has 2 heterocycles. The van der Waals surface area contributed by atoms with Crippen LogP contribution in [0, 0.1) is 0 Å². The van der Waals surface area contributed by atoms with Crippen LogP contribution in [0.25, 0.3) is 16.9 Å². The van der Waals surface area contributed by atoms with Gasteiger partial charge in [-0.3, -0.25) is 4.40 Å². The van der Waals surface area contributed by atoms with Gasteiger partial charge in [0.2, 0.25) is 0 Å². The maximum Gasteiger partial charge on any atom is 0.180 e. The van der Waals surface area contributed by atoms with Gasteiger partial charge in [0.1, 0.15) is 5.75 Å². The quantitative estimate of drug-likeness (QED) is 0.780. The molecule has 96 valence electrons. The Bertz CT molecular complexity index is 703. The van der Waals surface area contributed by atoms with Crippen LogP contribution in [0.4, 0.5) is 5.82 Å². The zero-order valence-electron chi connectivity index (χ0n) is 10.8. The molecule has 0 fully saturated rings. The molecule has 1 aromatic carbocycles. The topological polar surface area (TPSA) is 51.5 Å². The van der Waals surface area contributed by atoms with Crippen molar-refractivity contribution in [1.29, 1.82) is 0 Å². The molecule has 1 N–H and O–H groups in total. The van der Waals surface area contributed by atoms with Crippen molar-refractivity contribution < 1.29 is 4.74 Å². The second kappa shape index (κ2) is 4.61. The van der Waals surface area contributed by atoms with Crippen LogP contribution in [-0.2, 0) is 0 Å². The molecule has 0 unspecified atom stereocenters. The Morgan fingerprint density at radius 3 is 2.63 bits per heavy atom. The van der Waals surface area contributed by atoms with Gasteiger partial charge in [0, 0.05) is 25.0 Å². The summed E-state index contributed by atoms with van der Waals surface area (Å²) in [6, 6.07) is 7.91. The van der Waals surface area contributed by atoms with E-state index in [0.717, 1.165) is 28.5 Å². The van der Waals surface area contributed by atoms with Crippen LogP contribution < -0.4 is 10.1 Å². The summed E-state index contributed by atoms with van der Waals surface area (Å²) in [5.41, 5.74) is 2.92. The first-order valence-corrected chi connectivity index (χ1v) is 5.97. The van der Waals surface area contributed by atoms with E-state index in [1.54, 1.807) is 13.3 Å². The number of benzene rings is 1. The Kier molecular flexibility index (Phi) is 2.79. The minimum atomic E-state index is 0.766. The molecule has 5 heteroatoms. The molecule has 0 aliphatic carbocycles. The minimum Gasteiger partial charge on any atom is -0.497 e. The minimum absolute atomic E-state index is 0.766. The molecule has 0 aliphatic rings. The maximum absolute atomic E-state index is 5.17. The number of rotatable bonds is 3. The molecule has 19 heavy (non-hydrogen) atoms. The Morgan fingerprint density at radius 2 is 1.95 bits per heavy atom. The number of aromatic nitrogens is 3. The molecule has 0 amide bonds. The second-order valence-corrected chi connectivity index (χ2v) is 4.09. The summed E-state index contributed by atoms with van der Waals surface area (Å²) >= 11 is 0. The third kappa shape index (κ3) is 1.89. The summed E-state index contributed by atoms with van der Waals surface area (Å²) in [6.45, 7) is 0. The van der Waals surface area contributed by atoms with Gasteiger partial charge in [-0.15, -0.1) is 0 Å². The Labute approximate surface area is 110 Å². The Morgan fingerprint density at radius 1 is 1.16 bits per heavy atom. The van der Waals surface area contributed by atoms with Crippen molar-refractivity contribution in [2.24, 2.45) is 0 Å². The average molecular weight is 254 g/mol. The molecule has 5 nitrogen and oxygen atoms in total. The molecule has 0 aliphatic heterocycles. The van der Waals surface area contributed by atoms with Gasteiger partial charge in [0.05, 0.1) is 19.0 Å². The molecule has 3 aromatic rings. The lowest BCUT2D eigenvalue weighted by Crippen LogP contribution is -1.97. The van der Waals surface area contributed by atoms with Crippen LogP contribution in [0.15, 0.2) is 42.9 Å². The lowest BCUT2D eigenvalue weighted by atomic mass is 10.1. The van der Waals surface area contributed by atoms with Crippen molar-refractivity contribution in [1.82, 2.24) is 14.4 Å². The van der Waals surface area contributed by atoms with Crippen LogP contribution in [0.1, 0.15) is 0 Å². The molecule has 2 aromatic heterocycles. The predicted molar refractivity (Wildman–Crippen MR) is 74.5 cm³/mol. The van der Waals surface area contributed by atoms with E-state index >= 15 is 0 Å². The fourth-order valence-corrected chi connectivity index (χ4v) is 2.07. The number of anilines is 1. The Hall–Kier alpha value is -2.56. The summed E-state index contributed by atoms with van der Waals surface area (Å²) in [5.74, 6) is 1.61. The zero-order valence-corrected chi connectivity index (χ0v) is 10.8. The van der Waals surface area contributed by atoms with E-state index in [2.05, 4.69) is 15.3 Å². The van der Waals surface area contributed by atoms with E-state index in [4.69, 9.17) is 4.74 Å². The summed E-state index contributed by atoms with van der Waals surface area (Å²) in [4.78, 5) is 8.66. The standard InChI is InChI=1S/C14H14N4O/c1-15-13-14-17-9-12(18(14)8-7-16-13)10-3-5-11(19-2)6-4-10/h3-9H,1-2H3,(H,15,16). The molecular weight excluding hydrogens is 240 g/mol. The van der Waals surface area contributed by atoms with Crippen LogP contribution in [0.2, 0.25) is 0 Å². The smallest absolute Gasteiger partial charge is 0.180 e. The second-order valence-electron chi connectivity index (χ2n) is 4.09. The maximum atomic E-state index is 5.17. The van der Waals surface area contributed by atoms with Crippen LogP contribution >= 0.6 is 0 Å². The lowest BCUT2D eigenvalue weighted by molar-refractivity contribution is 0.415. The molecular formula is C14H14N4O. The van der Waals surface area contributed by atoms with Crippen molar-refractivity contribution in [3.05, 3.63) is 42.9 Å². The van der Waals surface area contributed by atoms with Crippen molar-refractivity contribution in [2.75, 3.05) is 19.5 Å². The van der Waals surface area contributed by atoms with Gasteiger partial charge >= 0.3 is 0 Å². The molecule has 0 saturated carbocycles. The summed E-state index contributed by atoms with van der Waals surface area (Å²) in [7, 11) is 3.50. The van der Waals surface area contributed by atoms with Gasteiger partial charge in [-0.1, -0.05) is 0 Å². The molecule has 0 bridgehead atoms. The van der Waals surface area contributed by atoms with E-state index in [0.29, 0.717) is 0 Å². The highest BCUT2D eigenvalue weighted by Gasteiger charge is 2.09. The van der Waals surface area contributed by atoms with Gasteiger partial charge in [-0.2, -0.15) is 0 Å². The number of ether oxygens (including phenoxy) is 1. The number of imidazole rings is 1. The highest BCUT2D eigenvalue weighted by atomic mass is 16.5. The molecule has 3 rings (SSSR count). The number of nitrogens with one attached hydrogen (secondary N) is 1. The first-order chi connectivity index (χ1) is 9.33. The van der Waals surface area contributed by atoms with Crippen molar-refractivity contribution >= 4 is 11.5 Å². The largest absolute Gasteiger partial charge is 0.497 e. The number of hydrogen-bond acceptors (Lipinski definition) is 4. The number of nitrogens with zero attached hydrogens (tertiary/aromatic N) is 3. The van der Waals surface area contributed by atoms with Gasteiger partial charge in [-0.25, -0.2) is 9.97 Å². The van der Waals surface area contributed by atoms with E-state index in [1.807, 2.05) is 48.1 Å². The van der Waals surface area contributed by atoms with Crippen molar-refractivity contribution in [3.8, 4) is 17.0 Å². The molecule has 0 radical (unpaired) electrons. The third-order valence-electron chi connectivity index (χ3n) is 3.05. The molecule has 0 atom stereocenters. The van der Waals surface area contributed by atoms with Crippen LogP contribution in [-0.4, -0.2) is 28.5 Å². The zero-order chi connectivity index (χ0) is 13.2. The average Bonchev–Trinajstić information content (AvgIpc) is 2.91. The summed E-state index contributed by atoms with van der Waals surface area (Å²) in [5, 5.41) is 3.04.